The average Bonchev–Trinajstić information content (AvgIpc) is 2.49. The quantitative estimate of drug-likeness (QED) is 0.654. The lowest BCUT2D eigenvalue weighted by Crippen LogP contribution is -2.31. The highest BCUT2D eigenvalue weighted by atomic mass is 16.5. The second-order valence-corrected chi connectivity index (χ2v) is 4.72. The van der Waals surface area contributed by atoms with Crippen molar-refractivity contribution in [1.29, 1.82) is 0 Å². The molecule has 0 bridgehead atoms. The molecule has 0 aliphatic rings. The normalized spacial score (nSPS) is 12.2. The Balaban J connectivity index is 3.07. The second-order valence-electron chi connectivity index (χ2n) is 4.72. The third-order valence-electron chi connectivity index (χ3n) is 3.50. The van der Waals surface area contributed by atoms with Gasteiger partial charge in [-0.2, -0.15) is 0 Å². The predicted molar refractivity (Wildman–Crippen MR) is 84.5 cm³/mol. The van der Waals surface area contributed by atoms with Crippen LogP contribution in [0, 0.1) is 0 Å². The number of benzene rings is 1. The molecular weight excluding hydrogens is 266 g/mol. The molecule has 1 aromatic rings. The monoisotopic (exact) mass is 293 g/mol. The van der Waals surface area contributed by atoms with Gasteiger partial charge >= 0.3 is 5.97 Å². The lowest BCUT2D eigenvalue weighted by Gasteiger charge is -2.30. The van der Waals surface area contributed by atoms with Crippen LogP contribution in [-0.4, -0.2) is 37.2 Å². The maximum atomic E-state index is 11.9. The summed E-state index contributed by atoms with van der Waals surface area (Å²) < 4.78 is 10.8. The van der Waals surface area contributed by atoms with Crippen LogP contribution in [0.1, 0.15) is 45.7 Å². The van der Waals surface area contributed by atoms with Crippen molar-refractivity contribution in [3.05, 3.63) is 29.8 Å². The van der Waals surface area contributed by atoms with E-state index in [4.69, 9.17) is 9.47 Å². The molecule has 0 fully saturated rings. The average molecular weight is 293 g/mol. The molecule has 0 heterocycles. The second kappa shape index (κ2) is 9.40. The van der Waals surface area contributed by atoms with Gasteiger partial charge in [-0.3, -0.25) is 9.69 Å². The Hall–Kier alpha value is -1.55. The van der Waals surface area contributed by atoms with Crippen molar-refractivity contribution >= 4 is 5.97 Å². The van der Waals surface area contributed by atoms with Gasteiger partial charge in [-0.25, -0.2) is 0 Å². The zero-order valence-corrected chi connectivity index (χ0v) is 13.6. The van der Waals surface area contributed by atoms with Crippen molar-refractivity contribution in [3.63, 3.8) is 0 Å². The molecule has 0 saturated heterocycles. The molecule has 0 spiro atoms. The Morgan fingerprint density at radius 2 is 1.76 bits per heavy atom. The van der Waals surface area contributed by atoms with Crippen molar-refractivity contribution in [2.45, 2.75) is 40.2 Å². The van der Waals surface area contributed by atoms with E-state index >= 15 is 0 Å². The molecule has 0 saturated carbocycles. The molecule has 118 valence electrons. The Morgan fingerprint density at radius 1 is 1.10 bits per heavy atom. The summed E-state index contributed by atoms with van der Waals surface area (Å²) in [7, 11) is 0. The summed E-state index contributed by atoms with van der Waals surface area (Å²) in [6.45, 7) is 10.8. The zero-order valence-electron chi connectivity index (χ0n) is 13.6. The number of hydrogen-bond donors (Lipinski definition) is 0. The van der Waals surface area contributed by atoms with Crippen LogP contribution in [0.3, 0.4) is 0 Å². The van der Waals surface area contributed by atoms with Gasteiger partial charge in [0.1, 0.15) is 5.75 Å². The van der Waals surface area contributed by atoms with E-state index in [0.29, 0.717) is 19.6 Å². The van der Waals surface area contributed by atoms with Crippen LogP contribution >= 0.6 is 0 Å². The van der Waals surface area contributed by atoms with E-state index in [9.17, 15) is 4.79 Å². The smallest absolute Gasteiger partial charge is 0.307 e. The number of nitrogens with zero attached hydrogens (tertiary/aromatic N) is 1. The van der Waals surface area contributed by atoms with E-state index in [2.05, 4.69) is 18.7 Å². The van der Waals surface area contributed by atoms with Crippen LogP contribution in [0.25, 0.3) is 0 Å². The van der Waals surface area contributed by atoms with E-state index in [1.54, 1.807) is 0 Å². The molecule has 1 rings (SSSR count). The highest BCUT2D eigenvalue weighted by molar-refractivity contribution is 5.70. The number of hydrogen-bond acceptors (Lipinski definition) is 4. The Bertz CT molecular complexity index is 430. The standard InChI is InChI=1S/C17H27NO3/c1-5-18(6-2)15(13-17(19)21-8-4)14-11-9-10-12-16(14)20-7-3/h9-12,15H,5-8,13H2,1-4H3. The summed E-state index contributed by atoms with van der Waals surface area (Å²) in [5.41, 5.74) is 1.05. The lowest BCUT2D eigenvalue weighted by atomic mass is 10.0. The first kappa shape index (κ1) is 17.5. The van der Waals surface area contributed by atoms with Crippen LogP contribution < -0.4 is 4.74 Å². The van der Waals surface area contributed by atoms with Gasteiger partial charge in [0.25, 0.3) is 0 Å². The van der Waals surface area contributed by atoms with Crippen LogP contribution in [0.15, 0.2) is 24.3 Å². The van der Waals surface area contributed by atoms with Gasteiger partial charge in [0.15, 0.2) is 0 Å². The Kier molecular flexibility index (Phi) is 7.83. The highest BCUT2D eigenvalue weighted by Gasteiger charge is 2.24. The lowest BCUT2D eigenvalue weighted by molar-refractivity contribution is -0.144. The minimum atomic E-state index is -0.166. The van der Waals surface area contributed by atoms with E-state index < -0.39 is 0 Å². The topological polar surface area (TPSA) is 38.8 Å². The maximum Gasteiger partial charge on any atom is 0.307 e. The molecule has 0 aliphatic heterocycles. The van der Waals surface area contributed by atoms with Gasteiger partial charge in [0.05, 0.1) is 19.6 Å². The minimum absolute atomic E-state index is 0.0122. The van der Waals surface area contributed by atoms with Gasteiger partial charge < -0.3 is 9.47 Å². The van der Waals surface area contributed by atoms with Crippen molar-refractivity contribution in [2.75, 3.05) is 26.3 Å². The summed E-state index contributed by atoms with van der Waals surface area (Å²) in [6, 6.07) is 7.92. The fourth-order valence-electron chi connectivity index (χ4n) is 2.52. The SMILES string of the molecule is CCOC(=O)CC(c1ccccc1OCC)N(CC)CC. The number of rotatable bonds is 9. The van der Waals surface area contributed by atoms with Crippen LogP contribution in [-0.2, 0) is 9.53 Å². The van der Waals surface area contributed by atoms with E-state index in [1.807, 2.05) is 38.1 Å². The van der Waals surface area contributed by atoms with Crippen molar-refractivity contribution in [2.24, 2.45) is 0 Å². The molecule has 1 unspecified atom stereocenters. The number of para-hydroxylation sites is 1. The molecule has 1 atom stereocenters. The van der Waals surface area contributed by atoms with Crippen molar-refractivity contribution in [1.82, 2.24) is 4.90 Å². The first-order chi connectivity index (χ1) is 10.2. The molecule has 0 aromatic heterocycles. The molecule has 4 heteroatoms. The summed E-state index contributed by atoms with van der Waals surface area (Å²) >= 11 is 0. The Morgan fingerprint density at radius 3 is 2.33 bits per heavy atom. The summed E-state index contributed by atoms with van der Waals surface area (Å²) in [4.78, 5) is 14.2. The fourth-order valence-corrected chi connectivity index (χ4v) is 2.52. The molecule has 1 aromatic carbocycles. The largest absolute Gasteiger partial charge is 0.494 e. The van der Waals surface area contributed by atoms with Crippen LogP contribution in [0.2, 0.25) is 0 Å². The van der Waals surface area contributed by atoms with E-state index in [1.165, 1.54) is 0 Å². The predicted octanol–water partition coefficient (Wildman–Crippen LogP) is 3.42. The van der Waals surface area contributed by atoms with Gasteiger partial charge in [-0.1, -0.05) is 32.0 Å². The highest BCUT2D eigenvalue weighted by Crippen LogP contribution is 2.32. The van der Waals surface area contributed by atoms with Crippen molar-refractivity contribution < 1.29 is 14.3 Å². The molecule has 0 radical (unpaired) electrons. The van der Waals surface area contributed by atoms with Crippen molar-refractivity contribution in [3.8, 4) is 5.75 Å². The number of esters is 1. The molecule has 0 N–H and O–H groups in total. The maximum absolute atomic E-state index is 11.9. The number of ether oxygens (including phenoxy) is 2. The zero-order chi connectivity index (χ0) is 15.7. The van der Waals surface area contributed by atoms with E-state index in [0.717, 1.165) is 24.4 Å². The number of carbonyl (C=O) groups is 1. The van der Waals surface area contributed by atoms with Gasteiger partial charge in [0, 0.05) is 11.6 Å². The first-order valence-electron chi connectivity index (χ1n) is 7.79. The van der Waals surface area contributed by atoms with Crippen LogP contribution in [0.5, 0.6) is 5.75 Å². The van der Waals surface area contributed by atoms with E-state index in [-0.39, 0.29) is 12.0 Å². The molecule has 4 nitrogen and oxygen atoms in total. The first-order valence-corrected chi connectivity index (χ1v) is 7.79. The summed E-state index contributed by atoms with van der Waals surface area (Å²) in [5.74, 6) is 0.682. The third kappa shape index (κ3) is 5.05. The minimum Gasteiger partial charge on any atom is -0.494 e. The summed E-state index contributed by atoms with van der Waals surface area (Å²) in [5, 5.41) is 0. The third-order valence-corrected chi connectivity index (χ3v) is 3.50. The molecule has 0 amide bonds. The van der Waals surface area contributed by atoms with Gasteiger partial charge in [0.2, 0.25) is 0 Å². The molecule has 0 aliphatic carbocycles. The Labute approximate surface area is 128 Å². The fraction of sp³-hybridized carbons (Fsp3) is 0.588. The molecule has 21 heavy (non-hydrogen) atoms. The molecular formula is C17H27NO3. The van der Waals surface area contributed by atoms with Gasteiger partial charge in [-0.05, 0) is 33.0 Å². The number of carbonyl (C=O) groups excluding carboxylic acids is 1. The van der Waals surface area contributed by atoms with Gasteiger partial charge in [-0.15, -0.1) is 0 Å². The van der Waals surface area contributed by atoms with Crippen LogP contribution in [0.4, 0.5) is 0 Å². The summed E-state index contributed by atoms with van der Waals surface area (Å²) in [6.07, 6.45) is 0.347.